The van der Waals surface area contributed by atoms with E-state index in [0.717, 1.165) is 22.4 Å². The second-order valence-corrected chi connectivity index (χ2v) is 6.94. The van der Waals surface area contributed by atoms with Crippen molar-refractivity contribution in [1.82, 2.24) is 14.9 Å². The van der Waals surface area contributed by atoms with Crippen molar-refractivity contribution in [1.29, 1.82) is 0 Å². The van der Waals surface area contributed by atoms with Crippen LogP contribution in [-0.2, 0) is 6.42 Å². The molecular formula is C22H17FN4O4. The van der Waals surface area contributed by atoms with Crippen LogP contribution in [0.15, 0.2) is 53.3 Å². The molecule has 9 heteroatoms. The zero-order chi connectivity index (χ0) is 21.5. The first-order valence-electron chi connectivity index (χ1n) is 9.44. The van der Waals surface area contributed by atoms with Crippen LogP contribution in [0.3, 0.4) is 0 Å². The number of benzene rings is 2. The van der Waals surface area contributed by atoms with Crippen molar-refractivity contribution < 1.29 is 23.2 Å². The average Bonchev–Trinajstić information content (AvgIpc) is 3.49. The number of anilines is 1. The molecule has 1 N–H and O–H groups in total. The molecule has 0 radical (unpaired) electrons. The summed E-state index contributed by atoms with van der Waals surface area (Å²) in [7, 11) is 3.14. The summed E-state index contributed by atoms with van der Waals surface area (Å²) < 4.78 is 30.8. The van der Waals surface area contributed by atoms with Crippen molar-refractivity contribution in [3.8, 4) is 28.4 Å². The van der Waals surface area contributed by atoms with Gasteiger partial charge in [0.25, 0.3) is 5.91 Å². The van der Waals surface area contributed by atoms with Crippen LogP contribution in [0.2, 0.25) is 0 Å². The zero-order valence-electron chi connectivity index (χ0n) is 16.7. The number of methoxy groups -OCH3 is 2. The number of nitrogens with zero attached hydrogens (tertiary/aromatic N) is 3. The van der Waals surface area contributed by atoms with E-state index in [1.807, 2.05) is 12.1 Å². The molecule has 0 atom stereocenters. The van der Waals surface area contributed by atoms with Gasteiger partial charge in [0.05, 0.1) is 25.6 Å². The van der Waals surface area contributed by atoms with Crippen molar-refractivity contribution in [2.45, 2.75) is 6.42 Å². The topological polar surface area (TPSA) is 91.4 Å². The summed E-state index contributed by atoms with van der Waals surface area (Å²) in [6, 6.07) is 11.2. The van der Waals surface area contributed by atoms with E-state index in [0.29, 0.717) is 23.6 Å². The fourth-order valence-electron chi connectivity index (χ4n) is 3.78. The number of hydrogen-bond acceptors (Lipinski definition) is 6. The Morgan fingerprint density at radius 1 is 1.13 bits per heavy atom. The first kappa shape index (κ1) is 18.9. The second-order valence-electron chi connectivity index (χ2n) is 6.94. The lowest BCUT2D eigenvalue weighted by atomic mass is 10.1. The molecule has 156 valence electrons. The van der Waals surface area contributed by atoms with Gasteiger partial charge in [-0.2, -0.15) is 5.10 Å². The molecule has 1 aliphatic carbocycles. The molecule has 0 bridgehead atoms. The van der Waals surface area contributed by atoms with Gasteiger partial charge in [-0.1, -0.05) is 5.16 Å². The Labute approximate surface area is 176 Å². The van der Waals surface area contributed by atoms with Crippen molar-refractivity contribution >= 4 is 11.7 Å². The van der Waals surface area contributed by atoms with Gasteiger partial charge in [-0.3, -0.25) is 4.79 Å². The Kier molecular flexibility index (Phi) is 4.43. The first-order valence-corrected chi connectivity index (χ1v) is 9.44. The maximum Gasteiger partial charge on any atom is 0.277 e. The molecule has 0 saturated heterocycles. The van der Waals surface area contributed by atoms with Crippen LogP contribution in [-0.4, -0.2) is 35.1 Å². The molecule has 1 amide bonds. The van der Waals surface area contributed by atoms with Crippen LogP contribution in [0.25, 0.3) is 16.9 Å². The van der Waals surface area contributed by atoms with Crippen molar-refractivity contribution in [3.63, 3.8) is 0 Å². The Hall–Kier alpha value is -4.14. The Morgan fingerprint density at radius 3 is 2.55 bits per heavy atom. The molecule has 0 aliphatic heterocycles. The first-order chi connectivity index (χ1) is 15.1. The molecule has 0 spiro atoms. The normalized spacial score (nSPS) is 11.7. The maximum atomic E-state index is 13.5. The van der Waals surface area contributed by atoms with Crippen molar-refractivity contribution in [2.75, 3.05) is 19.5 Å². The number of amides is 1. The maximum absolute atomic E-state index is 13.5. The minimum Gasteiger partial charge on any atom is -0.493 e. The van der Waals surface area contributed by atoms with E-state index in [2.05, 4.69) is 15.6 Å². The van der Waals surface area contributed by atoms with Crippen LogP contribution < -0.4 is 14.8 Å². The summed E-state index contributed by atoms with van der Waals surface area (Å²) in [6.07, 6.45) is 1.85. The molecule has 31 heavy (non-hydrogen) atoms. The van der Waals surface area contributed by atoms with Gasteiger partial charge in [0.1, 0.15) is 12.1 Å². The predicted octanol–water partition coefficient (Wildman–Crippen LogP) is 3.84. The lowest BCUT2D eigenvalue weighted by molar-refractivity contribution is 0.102. The van der Waals surface area contributed by atoms with E-state index in [9.17, 15) is 9.18 Å². The van der Waals surface area contributed by atoms with Gasteiger partial charge in [-0.15, -0.1) is 0 Å². The van der Waals surface area contributed by atoms with Crippen LogP contribution in [0.4, 0.5) is 10.2 Å². The number of hydrogen-bond donors (Lipinski definition) is 1. The highest BCUT2D eigenvalue weighted by Gasteiger charge is 2.32. The molecule has 0 saturated carbocycles. The second kappa shape index (κ2) is 7.28. The molecule has 4 aromatic rings. The van der Waals surface area contributed by atoms with Crippen LogP contribution in [0.5, 0.6) is 11.5 Å². The molecule has 5 rings (SSSR count). The third kappa shape index (κ3) is 3.10. The Balaban J connectivity index is 1.68. The van der Waals surface area contributed by atoms with Crippen molar-refractivity contribution in [3.05, 3.63) is 71.4 Å². The standard InChI is InChI=1S/C22H17FN4O4/c1-29-17-10-12-9-16-20(22(28)24-19-7-8-31-26-19)25-27(14-5-3-13(23)4-6-14)21(16)15(12)11-18(17)30-2/h3-8,10-11H,9H2,1-2H3,(H,24,26,28). The molecule has 2 aromatic heterocycles. The lowest BCUT2D eigenvalue weighted by Crippen LogP contribution is -2.15. The Morgan fingerprint density at radius 2 is 1.87 bits per heavy atom. The average molecular weight is 420 g/mol. The number of carbonyl (C=O) groups excluding carboxylic acids is 1. The van der Waals surface area contributed by atoms with Crippen LogP contribution in [0, 0.1) is 5.82 Å². The fourth-order valence-corrected chi connectivity index (χ4v) is 3.78. The summed E-state index contributed by atoms with van der Waals surface area (Å²) in [5, 5.41) is 11.0. The van der Waals surface area contributed by atoms with Gasteiger partial charge in [-0.05, 0) is 42.0 Å². The van der Waals surface area contributed by atoms with Crippen LogP contribution >= 0.6 is 0 Å². The highest BCUT2D eigenvalue weighted by molar-refractivity contribution is 6.05. The summed E-state index contributed by atoms with van der Waals surface area (Å²) >= 11 is 0. The van der Waals surface area contributed by atoms with Gasteiger partial charge in [-0.25, -0.2) is 9.07 Å². The summed E-state index contributed by atoms with van der Waals surface area (Å²) in [5.41, 5.74) is 4.20. The van der Waals surface area contributed by atoms with E-state index in [-0.39, 0.29) is 17.3 Å². The molecule has 2 heterocycles. The van der Waals surface area contributed by atoms with Gasteiger partial charge in [0, 0.05) is 23.6 Å². The summed E-state index contributed by atoms with van der Waals surface area (Å²) in [4.78, 5) is 13.0. The number of aromatic nitrogens is 3. The number of nitrogens with one attached hydrogen (secondary N) is 1. The van der Waals surface area contributed by atoms with Crippen LogP contribution in [0.1, 0.15) is 21.6 Å². The molecule has 0 unspecified atom stereocenters. The minimum absolute atomic E-state index is 0.247. The molecule has 8 nitrogen and oxygen atoms in total. The van der Waals surface area contributed by atoms with Gasteiger partial charge >= 0.3 is 0 Å². The smallest absolute Gasteiger partial charge is 0.277 e. The molecule has 0 fully saturated rings. The quantitative estimate of drug-likeness (QED) is 0.465. The third-order valence-corrected chi connectivity index (χ3v) is 5.18. The fraction of sp³-hybridized carbons (Fsp3) is 0.136. The third-order valence-electron chi connectivity index (χ3n) is 5.18. The van der Waals surface area contributed by atoms with E-state index in [1.165, 1.54) is 18.4 Å². The van der Waals surface area contributed by atoms with E-state index in [4.69, 9.17) is 14.0 Å². The highest BCUT2D eigenvalue weighted by atomic mass is 19.1. The number of rotatable bonds is 5. The van der Waals surface area contributed by atoms with E-state index >= 15 is 0 Å². The molecule has 2 aromatic carbocycles. The number of halogens is 1. The SMILES string of the molecule is COc1cc2c(cc1OC)-c1c(c(C(=O)Nc3ccon3)nn1-c1ccc(F)cc1)C2. The number of fused-ring (bicyclic) bond motifs is 3. The van der Waals surface area contributed by atoms with Gasteiger partial charge in [0.2, 0.25) is 0 Å². The summed E-state index contributed by atoms with van der Waals surface area (Å²) in [5.74, 6) is 0.672. The monoisotopic (exact) mass is 420 g/mol. The number of carbonyl (C=O) groups is 1. The van der Waals surface area contributed by atoms with Gasteiger partial charge < -0.3 is 19.3 Å². The lowest BCUT2D eigenvalue weighted by Gasteiger charge is -2.12. The van der Waals surface area contributed by atoms with E-state index in [1.54, 1.807) is 37.1 Å². The predicted molar refractivity (Wildman–Crippen MR) is 109 cm³/mol. The molecular weight excluding hydrogens is 403 g/mol. The summed E-state index contributed by atoms with van der Waals surface area (Å²) in [6.45, 7) is 0. The van der Waals surface area contributed by atoms with E-state index < -0.39 is 5.91 Å². The minimum atomic E-state index is -0.419. The van der Waals surface area contributed by atoms with Gasteiger partial charge in [0.15, 0.2) is 23.0 Å². The van der Waals surface area contributed by atoms with Crippen molar-refractivity contribution in [2.24, 2.45) is 0 Å². The largest absolute Gasteiger partial charge is 0.493 e. The Bertz CT molecular complexity index is 1280. The number of ether oxygens (including phenoxy) is 2. The highest BCUT2D eigenvalue weighted by Crippen LogP contribution is 2.44. The zero-order valence-corrected chi connectivity index (χ0v) is 16.7. The molecule has 1 aliphatic rings.